The highest BCUT2D eigenvalue weighted by Crippen LogP contribution is 2.24. The number of hydrogen-bond acceptors (Lipinski definition) is 3. The maximum Gasteiger partial charge on any atom is 0.162 e. The van der Waals surface area contributed by atoms with Gasteiger partial charge in [0.05, 0.1) is 17.3 Å². The Morgan fingerprint density at radius 2 is 2.20 bits per heavy atom. The van der Waals surface area contributed by atoms with Crippen LogP contribution in [0.25, 0.3) is 10.9 Å². The van der Waals surface area contributed by atoms with E-state index < -0.39 is 0 Å². The molecule has 2 rings (SSSR count). The van der Waals surface area contributed by atoms with Gasteiger partial charge in [-0.25, -0.2) is 0 Å². The van der Waals surface area contributed by atoms with E-state index in [4.69, 9.17) is 16.3 Å². The number of carbonyl (C=O) groups excluding carboxylic acids is 1. The third kappa shape index (κ3) is 1.78. The van der Waals surface area contributed by atoms with E-state index in [-0.39, 0.29) is 6.07 Å². The highest BCUT2D eigenvalue weighted by Gasteiger charge is 2.08. The van der Waals surface area contributed by atoms with Crippen LogP contribution in [0.4, 0.5) is 0 Å². The topological polar surface area (TPSA) is 39.2 Å². The van der Waals surface area contributed by atoms with E-state index in [1.165, 1.54) is 6.20 Å². The zero-order chi connectivity index (χ0) is 10.7. The molecule has 0 spiro atoms. The molecule has 0 saturated carbocycles. The van der Waals surface area contributed by atoms with Gasteiger partial charge in [-0.3, -0.25) is 9.78 Å². The Morgan fingerprint density at radius 1 is 1.40 bits per heavy atom. The highest BCUT2D eigenvalue weighted by atomic mass is 35.5. The van der Waals surface area contributed by atoms with Gasteiger partial charge in [-0.1, -0.05) is 29.8 Å². The van der Waals surface area contributed by atoms with Gasteiger partial charge >= 0.3 is 0 Å². The molecule has 0 aliphatic heterocycles. The normalized spacial score (nSPS) is 10.2. The van der Waals surface area contributed by atoms with Crippen LogP contribution in [0.2, 0.25) is 0 Å². The van der Waals surface area contributed by atoms with Gasteiger partial charge in [0.25, 0.3) is 0 Å². The summed E-state index contributed by atoms with van der Waals surface area (Å²) in [6.07, 6.45) is 2.26. The molecule has 4 heteroatoms. The average Bonchev–Trinajstić information content (AvgIpc) is 2.29. The quantitative estimate of drug-likeness (QED) is 0.591. The Balaban J connectivity index is 2.69. The molecule has 0 unspecified atom stereocenters. The van der Waals surface area contributed by atoms with Crippen molar-refractivity contribution in [3.05, 3.63) is 36.0 Å². The summed E-state index contributed by atoms with van der Waals surface area (Å²) >= 11 is 5.45. The number of fused-ring (bicyclic) bond motifs is 1. The van der Waals surface area contributed by atoms with Gasteiger partial charge in [-0.15, -0.1) is 0 Å². The molecule has 0 radical (unpaired) electrons. The number of para-hydroxylation sites is 1. The summed E-state index contributed by atoms with van der Waals surface area (Å²) in [6.45, 7) is 0. The molecule has 0 fully saturated rings. The molecule has 0 N–H and O–H groups in total. The van der Waals surface area contributed by atoms with Crippen LogP contribution in [-0.2, 0) is 0 Å². The van der Waals surface area contributed by atoms with Crippen molar-refractivity contribution in [3.8, 4) is 5.75 Å². The number of rotatable bonds is 3. The Morgan fingerprint density at radius 3 is 2.93 bits per heavy atom. The predicted molar refractivity (Wildman–Crippen MR) is 58.5 cm³/mol. The van der Waals surface area contributed by atoms with Gasteiger partial charge in [0.1, 0.15) is 0 Å². The maximum absolute atomic E-state index is 11.0. The molecular formula is C11H8ClNO2. The highest BCUT2D eigenvalue weighted by molar-refractivity contribution is 6.17. The average molecular weight is 222 g/mol. The van der Waals surface area contributed by atoms with Crippen LogP contribution < -0.4 is 4.74 Å². The van der Waals surface area contributed by atoms with Crippen LogP contribution in [0.3, 0.4) is 0 Å². The second-order valence-electron chi connectivity index (χ2n) is 2.92. The van der Waals surface area contributed by atoms with Crippen molar-refractivity contribution < 1.29 is 9.53 Å². The first-order chi connectivity index (χ1) is 7.36. The molecule has 0 aliphatic rings. The van der Waals surface area contributed by atoms with Gasteiger partial charge < -0.3 is 4.74 Å². The van der Waals surface area contributed by atoms with Crippen molar-refractivity contribution in [2.75, 3.05) is 6.07 Å². The first-order valence-electron chi connectivity index (χ1n) is 4.38. The fraction of sp³-hybridized carbons (Fsp3) is 0.0909. The molecule has 15 heavy (non-hydrogen) atoms. The third-order valence-corrected chi connectivity index (χ3v) is 2.22. The van der Waals surface area contributed by atoms with E-state index in [1.54, 1.807) is 0 Å². The van der Waals surface area contributed by atoms with Crippen molar-refractivity contribution in [3.63, 3.8) is 0 Å². The molecule has 0 atom stereocenters. The summed E-state index contributed by atoms with van der Waals surface area (Å²) in [7, 11) is 0. The lowest BCUT2D eigenvalue weighted by molar-refractivity contribution is 0.112. The first kappa shape index (κ1) is 9.93. The van der Waals surface area contributed by atoms with Crippen LogP contribution in [0, 0.1) is 0 Å². The molecule has 1 aromatic carbocycles. The second kappa shape index (κ2) is 4.28. The van der Waals surface area contributed by atoms with Crippen molar-refractivity contribution in [2.45, 2.75) is 0 Å². The number of benzene rings is 1. The van der Waals surface area contributed by atoms with Crippen LogP contribution in [0.5, 0.6) is 5.75 Å². The number of carbonyl (C=O) groups is 1. The van der Waals surface area contributed by atoms with Crippen LogP contribution in [0.1, 0.15) is 10.4 Å². The minimum absolute atomic E-state index is 0.000853. The SMILES string of the molecule is O=Cc1c(OCCl)cnc2ccccc12. The summed E-state index contributed by atoms with van der Waals surface area (Å²) in [5, 5.41) is 0.773. The summed E-state index contributed by atoms with van der Waals surface area (Å²) in [5.41, 5.74) is 1.25. The monoisotopic (exact) mass is 221 g/mol. The van der Waals surface area contributed by atoms with Crippen LogP contribution in [0.15, 0.2) is 30.5 Å². The van der Waals surface area contributed by atoms with Gasteiger partial charge in [0.15, 0.2) is 18.1 Å². The number of aromatic nitrogens is 1. The van der Waals surface area contributed by atoms with E-state index >= 15 is 0 Å². The first-order valence-corrected chi connectivity index (χ1v) is 4.92. The molecule has 3 nitrogen and oxygen atoms in total. The molecule has 0 amide bonds. The lowest BCUT2D eigenvalue weighted by atomic mass is 10.1. The fourth-order valence-electron chi connectivity index (χ4n) is 1.44. The Labute approximate surface area is 91.6 Å². The van der Waals surface area contributed by atoms with Gasteiger partial charge in [0.2, 0.25) is 0 Å². The standard InChI is InChI=1S/C11H8ClNO2/c12-7-15-11-5-13-10-4-2-1-3-8(10)9(11)6-14/h1-6H,7H2. The van der Waals surface area contributed by atoms with Crippen molar-refractivity contribution in [1.82, 2.24) is 4.98 Å². The van der Waals surface area contributed by atoms with Gasteiger partial charge in [-0.05, 0) is 6.07 Å². The number of pyridine rings is 1. The summed E-state index contributed by atoms with van der Waals surface area (Å²) in [4.78, 5) is 15.1. The Kier molecular flexibility index (Phi) is 2.83. The fourth-order valence-corrected chi connectivity index (χ4v) is 1.56. The number of alkyl halides is 1. The number of hydrogen-bond donors (Lipinski definition) is 0. The zero-order valence-electron chi connectivity index (χ0n) is 7.81. The van der Waals surface area contributed by atoms with E-state index in [2.05, 4.69) is 4.98 Å². The number of aldehydes is 1. The lowest BCUT2D eigenvalue weighted by Crippen LogP contribution is -1.96. The van der Waals surface area contributed by atoms with Crippen molar-refractivity contribution in [2.24, 2.45) is 0 Å². The molecule has 0 saturated heterocycles. The minimum Gasteiger partial charge on any atom is -0.476 e. The summed E-state index contributed by atoms with van der Waals surface area (Å²) in [5.74, 6) is 0.415. The Hall–Kier alpha value is -1.61. The van der Waals surface area contributed by atoms with Gasteiger partial charge in [-0.2, -0.15) is 0 Å². The summed E-state index contributed by atoms with van der Waals surface area (Å²) in [6, 6.07) is 7.38. The van der Waals surface area contributed by atoms with Crippen molar-refractivity contribution >= 4 is 28.8 Å². The molecule has 1 heterocycles. The third-order valence-electron chi connectivity index (χ3n) is 2.11. The molecule has 0 bridgehead atoms. The molecule has 1 aromatic heterocycles. The minimum atomic E-state index is 0.000853. The molecule has 2 aromatic rings. The second-order valence-corrected chi connectivity index (χ2v) is 3.14. The van der Waals surface area contributed by atoms with Crippen LogP contribution in [-0.4, -0.2) is 17.3 Å². The van der Waals surface area contributed by atoms with E-state index in [9.17, 15) is 4.79 Å². The summed E-state index contributed by atoms with van der Waals surface area (Å²) < 4.78 is 5.11. The number of nitrogens with zero attached hydrogens (tertiary/aromatic N) is 1. The van der Waals surface area contributed by atoms with E-state index in [0.29, 0.717) is 11.3 Å². The van der Waals surface area contributed by atoms with E-state index in [0.717, 1.165) is 17.2 Å². The molecule has 76 valence electrons. The van der Waals surface area contributed by atoms with Crippen molar-refractivity contribution in [1.29, 1.82) is 0 Å². The van der Waals surface area contributed by atoms with Crippen LogP contribution >= 0.6 is 11.6 Å². The molecular weight excluding hydrogens is 214 g/mol. The lowest BCUT2D eigenvalue weighted by Gasteiger charge is -2.06. The predicted octanol–water partition coefficient (Wildman–Crippen LogP) is 2.62. The number of ether oxygens (including phenoxy) is 1. The maximum atomic E-state index is 11.0. The number of halogens is 1. The molecule has 0 aliphatic carbocycles. The van der Waals surface area contributed by atoms with Gasteiger partial charge in [0, 0.05) is 5.39 Å². The van der Waals surface area contributed by atoms with E-state index in [1.807, 2.05) is 24.3 Å². The largest absolute Gasteiger partial charge is 0.476 e. The Bertz CT molecular complexity index is 499. The smallest absolute Gasteiger partial charge is 0.162 e. The zero-order valence-corrected chi connectivity index (χ0v) is 8.57.